The minimum Gasteiger partial charge on any atom is -0.300 e. The minimum atomic E-state index is -0.0961. The molecule has 0 saturated carbocycles. The van der Waals surface area contributed by atoms with Crippen molar-refractivity contribution in [3.63, 3.8) is 0 Å². The van der Waals surface area contributed by atoms with E-state index in [4.69, 9.17) is 12.2 Å². The Bertz CT molecular complexity index is 154. The van der Waals surface area contributed by atoms with Crippen molar-refractivity contribution < 1.29 is 9.59 Å². The zero-order valence-corrected chi connectivity index (χ0v) is 6.96. The van der Waals surface area contributed by atoms with Crippen LogP contribution >= 0.6 is 12.2 Å². The maximum Gasteiger partial charge on any atom is 0.145 e. The van der Waals surface area contributed by atoms with Gasteiger partial charge in [0.25, 0.3) is 0 Å². The average Bonchev–Trinajstić information content (AvgIpc) is 1.58. The summed E-state index contributed by atoms with van der Waals surface area (Å²) in [6.45, 7) is 3.10. The number of carbonyl (C=O) groups is 2. The number of Topliss-reactive ketones (excluding diaryl/α,β-unsaturated/α-hetero) is 2. The lowest BCUT2D eigenvalue weighted by Gasteiger charge is -1.93. The lowest BCUT2D eigenvalue weighted by atomic mass is 10.1. The molecule has 3 heteroatoms. The Kier molecular flexibility index (Phi) is 4.03. The molecule has 0 aromatic heterocycles. The molecule has 0 atom stereocenters. The minimum absolute atomic E-state index is 0.0218. The van der Waals surface area contributed by atoms with Crippen LogP contribution in [0.5, 0.6) is 0 Å². The molecule has 0 spiro atoms. The summed E-state index contributed by atoms with van der Waals surface area (Å²) in [5.41, 5.74) is 0. The van der Waals surface area contributed by atoms with E-state index in [-0.39, 0.29) is 24.4 Å². The van der Waals surface area contributed by atoms with Gasteiger partial charge in [-0.1, -0.05) is 12.2 Å². The van der Waals surface area contributed by atoms with E-state index in [1.807, 2.05) is 0 Å². The second-order valence-corrected chi connectivity index (χ2v) is 2.99. The van der Waals surface area contributed by atoms with E-state index in [2.05, 4.69) is 0 Å². The van der Waals surface area contributed by atoms with E-state index < -0.39 is 0 Å². The molecular formula is C7H10O2S. The van der Waals surface area contributed by atoms with Gasteiger partial charge in [-0.05, 0) is 18.7 Å². The van der Waals surface area contributed by atoms with Crippen LogP contribution in [0.2, 0.25) is 0 Å². The van der Waals surface area contributed by atoms with Crippen LogP contribution in [0.25, 0.3) is 0 Å². The third kappa shape index (κ3) is 5.56. The normalized spacial score (nSPS) is 9.00. The molecule has 0 amide bonds. The first kappa shape index (κ1) is 9.43. The van der Waals surface area contributed by atoms with Crippen LogP contribution in [-0.4, -0.2) is 16.4 Å². The van der Waals surface area contributed by atoms with Gasteiger partial charge in [0.1, 0.15) is 11.6 Å². The van der Waals surface area contributed by atoms with Crippen molar-refractivity contribution >= 4 is 28.6 Å². The van der Waals surface area contributed by atoms with Crippen molar-refractivity contribution in [1.82, 2.24) is 0 Å². The average molecular weight is 158 g/mol. The van der Waals surface area contributed by atoms with Gasteiger partial charge in [0.2, 0.25) is 0 Å². The van der Waals surface area contributed by atoms with Gasteiger partial charge in [-0.3, -0.25) is 9.59 Å². The summed E-state index contributed by atoms with van der Waals surface area (Å²) in [5, 5.41) is 0. The quantitative estimate of drug-likeness (QED) is 0.457. The lowest BCUT2D eigenvalue weighted by Crippen LogP contribution is -2.07. The number of ketones is 2. The van der Waals surface area contributed by atoms with E-state index in [0.717, 1.165) is 0 Å². The first-order chi connectivity index (χ1) is 4.52. The van der Waals surface area contributed by atoms with Crippen molar-refractivity contribution in [2.45, 2.75) is 26.7 Å². The zero-order valence-electron chi connectivity index (χ0n) is 6.14. The Morgan fingerprint density at radius 1 is 1.20 bits per heavy atom. The summed E-state index contributed by atoms with van der Waals surface area (Å²) in [5.74, 6) is -0.179. The topological polar surface area (TPSA) is 34.1 Å². The molecule has 0 aliphatic rings. The van der Waals surface area contributed by atoms with Gasteiger partial charge >= 0.3 is 0 Å². The van der Waals surface area contributed by atoms with Crippen molar-refractivity contribution in [3.05, 3.63) is 0 Å². The number of hydrogen-bond donors (Lipinski definition) is 0. The molecule has 0 saturated heterocycles. The molecule has 2 nitrogen and oxygen atoms in total. The highest BCUT2D eigenvalue weighted by molar-refractivity contribution is 7.80. The van der Waals surface area contributed by atoms with Crippen LogP contribution in [-0.2, 0) is 9.59 Å². The monoisotopic (exact) mass is 158 g/mol. The highest BCUT2D eigenvalue weighted by Gasteiger charge is 2.04. The molecule has 0 unspecified atom stereocenters. The molecule has 0 fully saturated rings. The Morgan fingerprint density at radius 3 is 2.00 bits per heavy atom. The Balaban J connectivity index is 3.65. The molecular weight excluding hydrogens is 148 g/mol. The summed E-state index contributed by atoms with van der Waals surface area (Å²) in [6, 6.07) is 0. The van der Waals surface area contributed by atoms with Crippen molar-refractivity contribution in [2.75, 3.05) is 0 Å². The van der Waals surface area contributed by atoms with Gasteiger partial charge < -0.3 is 0 Å². The Hall–Kier alpha value is -0.570. The van der Waals surface area contributed by atoms with Crippen LogP contribution < -0.4 is 0 Å². The number of thiocarbonyl (C=S) groups is 1. The maximum absolute atomic E-state index is 10.8. The summed E-state index contributed by atoms with van der Waals surface area (Å²) < 4.78 is 0. The second-order valence-electron chi connectivity index (χ2n) is 2.30. The fourth-order valence-corrected chi connectivity index (χ4v) is 0.779. The standard InChI is InChI=1S/C7H10O2S/c1-5(8)3-7(9)4-6(2)10/h3-4H2,1-2H3. The predicted molar refractivity (Wildman–Crippen MR) is 43.2 cm³/mol. The fraction of sp³-hybridized carbons (Fsp3) is 0.571. The molecule has 0 rings (SSSR count). The van der Waals surface area contributed by atoms with Crippen LogP contribution in [0, 0.1) is 0 Å². The first-order valence-electron chi connectivity index (χ1n) is 3.03. The maximum atomic E-state index is 10.8. The molecule has 0 heterocycles. The smallest absolute Gasteiger partial charge is 0.145 e. The van der Waals surface area contributed by atoms with E-state index >= 15 is 0 Å². The molecule has 0 bridgehead atoms. The predicted octanol–water partition coefficient (Wildman–Crippen LogP) is 1.31. The van der Waals surface area contributed by atoms with Gasteiger partial charge in [0.05, 0.1) is 6.42 Å². The molecule has 0 aromatic carbocycles. The van der Waals surface area contributed by atoms with Gasteiger partial charge in [0, 0.05) is 6.42 Å². The highest BCUT2D eigenvalue weighted by Crippen LogP contribution is 1.93. The van der Waals surface area contributed by atoms with Crippen molar-refractivity contribution in [1.29, 1.82) is 0 Å². The van der Waals surface area contributed by atoms with Crippen LogP contribution in [0.4, 0.5) is 0 Å². The number of carbonyl (C=O) groups excluding carboxylic acids is 2. The molecule has 56 valence electrons. The molecule has 0 aliphatic carbocycles. The number of hydrogen-bond acceptors (Lipinski definition) is 3. The van der Waals surface area contributed by atoms with Gasteiger partial charge in [-0.2, -0.15) is 0 Å². The van der Waals surface area contributed by atoms with Crippen LogP contribution in [0.3, 0.4) is 0 Å². The van der Waals surface area contributed by atoms with Crippen molar-refractivity contribution in [2.24, 2.45) is 0 Å². The summed E-state index contributed by atoms with van der Waals surface area (Å²) >= 11 is 4.69. The summed E-state index contributed by atoms with van der Waals surface area (Å²) in [4.78, 5) is 21.8. The molecule has 0 N–H and O–H groups in total. The molecule has 0 radical (unpaired) electrons. The SMILES string of the molecule is CC(=O)CC(=O)CC(C)=S. The largest absolute Gasteiger partial charge is 0.300 e. The molecule has 0 aromatic rings. The van der Waals surface area contributed by atoms with E-state index in [1.54, 1.807) is 6.92 Å². The van der Waals surface area contributed by atoms with E-state index in [0.29, 0.717) is 4.86 Å². The Morgan fingerprint density at radius 2 is 1.70 bits per heavy atom. The van der Waals surface area contributed by atoms with Gasteiger partial charge in [0.15, 0.2) is 0 Å². The van der Waals surface area contributed by atoms with Gasteiger partial charge in [-0.25, -0.2) is 0 Å². The number of rotatable bonds is 4. The Labute approximate surface area is 65.6 Å². The zero-order chi connectivity index (χ0) is 8.15. The van der Waals surface area contributed by atoms with Gasteiger partial charge in [-0.15, -0.1) is 0 Å². The summed E-state index contributed by atoms with van der Waals surface area (Å²) in [7, 11) is 0. The summed E-state index contributed by atoms with van der Waals surface area (Å²) in [6.07, 6.45) is 0.281. The molecule has 10 heavy (non-hydrogen) atoms. The van der Waals surface area contributed by atoms with Crippen molar-refractivity contribution in [3.8, 4) is 0 Å². The third-order valence-electron chi connectivity index (χ3n) is 0.892. The third-order valence-corrected chi connectivity index (χ3v) is 1.04. The lowest BCUT2D eigenvalue weighted by molar-refractivity contribution is -0.125. The second kappa shape index (κ2) is 4.28. The first-order valence-corrected chi connectivity index (χ1v) is 3.43. The highest BCUT2D eigenvalue weighted by atomic mass is 32.1. The fourth-order valence-electron chi connectivity index (χ4n) is 0.618. The van der Waals surface area contributed by atoms with E-state index in [1.165, 1.54) is 6.92 Å². The molecule has 0 aliphatic heterocycles. The van der Waals surface area contributed by atoms with Crippen LogP contribution in [0.1, 0.15) is 26.7 Å². The van der Waals surface area contributed by atoms with Crippen LogP contribution in [0.15, 0.2) is 0 Å². The van der Waals surface area contributed by atoms with E-state index in [9.17, 15) is 9.59 Å².